The Morgan fingerprint density at radius 1 is 1.00 bits per heavy atom. The maximum absolute atomic E-state index is 11.8. The molecule has 0 heterocycles. The second kappa shape index (κ2) is 7.55. The highest BCUT2D eigenvalue weighted by atomic mass is 35.5. The van der Waals surface area contributed by atoms with Gasteiger partial charge in [-0.05, 0) is 29.8 Å². The van der Waals surface area contributed by atoms with Crippen molar-refractivity contribution in [1.82, 2.24) is 5.32 Å². The molecule has 0 aliphatic heterocycles. The minimum atomic E-state index is -0.138. The van der Waals surface area contributed by atoms with Crippen molar-refractivity contribution in [1.29, 1.82) is 0 Å². The van der Waals surface area contributed by atoms with E-state index < -0.39 is 0 Å². The predicted molar refractivity (Wildman–Crippen MR) is 88.3 cm³/mol. The van der Waals surface area contributed by atoms with Crippen LogP contribution >= 0.6 is 34.8 Å². The third-order valence-corrected chi connectivity index (χ3v) is 3.86. The zero-order chi connectivity index (χ0) is 15.2. The quantitative estimate of drug-likeness (QED) is 0.846. The number of benzene rings is 2. The summed E-state index contributed by atoms with van der Waals surface area (Å²) >= 11 is 17.7. The van der Waals surface area contributed by atoms with Crippen molar-refractivity contribution < 1.29 is 4.79 Å². The van der Waals surface area contributed by atoms with Gasteiger partial charge in [0.15, 0.2) is 0 Å². The minimum absolute atomic E-state index is 0.119. The Hall–Kier alpha value is -1.42. The Bertz CT molecular complexity index is 629. The van der Waals surface area contributed by atoms with Crippen molar-refractivity contribution in [2.75, 3.05) is 11.9 Å². The van der Waals surface area contributed by atoms with E-state index in [1.807, 2.05) is 12.1 Å². The maximum atomic E-state index is 11.8. The van der Waals surface area contributed by atoms with Gasteiger partial charge in [0.1, 0.15) is 0 Å². The number of rotatable bonds is 5. The molecule has 0 aliphatic carbocycles. The molecule has 0 radical (unpaired) electrons. The number of carbonyl (C=O) groups is 1. The Balaban J connectivity index is 1.82. The van der Waals surface area contributed by atoms with Gasteiger partial charge in [0.2, 0.25) is 5.91 Å². The SMILES string of the molecule is O=C(CNc1cccc(Cl)c1Cl)NCc1ccc(Cl)cc1. The fourth-order valence-corrected chi connectivity index (χ4v) is 2.17. The van der Waals surface area contributed by atoms with Gasteiger partial charge in [-0.15, -0.1) is 0 Å². The molecule has 21 heavy (non-hydrogen) atoms. The van der Waals surface area contributed by atoms with E-state index in [0.717, 1.165) is 5.56 Å². The number of nitrogens with one attached hydrogen (secondary N) is 2. The van der Waals surface area contributed by atoms with E-state index in [9.17, 15) is 4.79 Å². The summed E-state index contributed by atoms with van der Waals surface area (Å²) in [5.41, 5.74) is 1.61. The molecule has 110 valence electrons. The van der Waals surface area contributed by atoms with E-state index in [0.29, 0.717) is 27.3 Å². The molecule has 0 aromatic heterocycles. The topological polar surface area (TPSA) is 41.1 Å². The maximum Gasteiger partial charge on any atom is 0.239 e. The van der Waals surface area contributed by atoms with E-state index >= 15 is 0 Å². The van der Waals surface area contributed by atoms with Crippen molar-refractivity contribution in [2.24, 2.45) is 0 Å². The molecule has 0 aliphatic rings. The smallest absolute Gasteiger partial charge is 0.239 e. The van der Waals surface area contributed by atoms with Crippen LogP contribution in [0.15, 0.2) is 42.5 Å². The van der Waals surface area contributed by atoms with Crippen molar-refractivity contribution in [3.8, 4) is 0 Å². The van der Waals surface area contributed by atoms with Gasteiger partial charge in [-0.3, -0.25) is 4.79 Å². The number of anilines is 1. The Kier molecular flexibility index (Phi) is 5.74. The first-order valence-corrected chi connectivity index (χ1v) is 7.38. The van der Waals surface area contributed by atoms with Gasteiger partial charge in [0, 0.05) is 11.6 Å². The summed E-state index contributed by atoms with van der Waals surface area (Å²) in [5.74, 6) is -0.138. The third kappa shape index (κ3) is 4.81. The van der Waals surface area contributed by atoms with Crippen molar-refractivity contribution in [2.45, 2.75) is 6.54 Å². The van der Waals surface area contributed by atoms with Crippen LogP contribution in [0, 0.1) is 0 Å². The number of hydrogen-bond donors (Lipinski definition) is 2. The van der Waals surface area contributed by atoms with Crippen LogP contribution in [0.2, 0.25) is 15.1 Å². The van der Waals surface area contributed by atoms with E-state index in [-0.39, 0.29) is 12.5 Å². The van der Waals surface area contributed by atoms with Crippen LogP contribution in [0.4, 0.5) is 5.69 Å². The zero-order valence-electron chi connectivity index (χ0n) is 11.0. The second-order valence-electron chi connectivity index (χ2n) is 4.36. The first kappa shape index (κ1) is 16.0. The summed E-state index contributed by atoms with van der Waals surface area (Å²) in [7, 11) is 0. The highest BCUT2D eigenvalue weighted by molar-refractivity contribution is 6.43. The molecule has 0 bridgehead atoms. The molecule has 6 heteroatoms. The lowest BCUT2D eigenvalue weighted by molar-refractivity contribution is -0.119. The molecule has 0 spiro atoms. The van der Waals surface area contributed by atoms with Gasteiger partial charge >= 0.3 is 0 Å². The molecule has 0 saturated carbocycles. The number of carbonyl (C=O) groups excluding carboxylic acids is 1. The monoisotopic (exact) mass is 342 g/mol. The molecular weight excluding hydrogens is 331 g/mol. The highest BCUT2D eigenvalue weighted by Gasteiger charge is 2.06. The average molecular weight is 344 g/mol. The summed E-state index contributed by atoms with van der Waals surface area (Å²) in [6, 6.07) is 12.5. The molecule has 2 aromatic carbocycles. The van der Waals surface area contributed by atoms with Crippen LogP contribution in [-0.2, 0) is 11.3 Å². The molecule has 2 N–H and O–H groups in total. The summed E-state index contributed by atoms with van der Waals surface area (Å²) in [4.78, 5) is 11.8. The molecule has 0 unspecified atom stereocenters. The molecule has 0 atom stereocenters. The van der Waals surface area contributed by atoms with Gasteiger partial charge < -0.3 is 10.6 Å². The highest BCUT2D eigenvalue weighted by Crippen LogP contribution is 2.29. The van der Waals surface area contributed by atoms with Gasteiger partial charge in [0.05, 0.1) is 22.3 Å². The summed E-state index contributed by atoms with van der Waals surface area (Å²) in [6.07, 6.45) is 0. The second-order valence-corrected chi connectivity index (χ2v) is 5.58. The lowest BCUT2D eigenvalue weighted by atomic mass is 10.2. The van der Waals surface area contributed by atoms with Crippen LogP contribution in [0.5, 0.6) is 0 Å². The fourth-order valence-electron chi connectivity index (χ4n) is 1.68. The summed E-state index contributed by atoms with van der Waals surface area (Å²) < 4.78 is 0. The molecule has 2 aromatic rings. The lowest BCUT2D eigenvalue weighted by Gasteiger charge is -2.10. The largest absolute Gasteiger partial charge is 0.375 e. The Morgan fingerprint density at radius 2 is 1.71 bits per heavy atom. The average Bonchev–Trinajstić information content (AvgIpc) is 2.48. The number of hydrogen-bond acceptors (Lipinski definition) is 2. The van der Waals surface area contributed by atoms with Crippen LogP contribution < -0.4 is 10.6 Å². The van der Waals surface area contributed by atoms with Crippen LogP contribution in [0.25, 0.3) is 0 Å². The zero-order valence-corrected chi connectivity index (χ0v) is 13.3. The predicted octanol–water partition coefficient (Wildman–Crippen LogP) is 4.38. The summed E-state index contributed by atoms with van der Waals surface area (Å²) in [6.45, 7) is 0.564. The molecular formula is C15H13Cl3N2O. The normalized spacial score (nSPS) is 10.2. The summed E-state index contributed by atoms with van der Waals surface area (Å²) in [5, 5.41) is 7.27. The first-order valence-electron chi connectivity index (χ1n) is 6.25. The van der Waals surface area contributed by atoms with Crippen molar-refractivity contribution in [3.05, 3.63) is 63.1 Å². The number of halogens is 3. The van der Waals surface area contributed by atoms with Crippen molar-refractivity contribution >= 4 is 46.4 Å². The molecule has 0 fully saturated rings. The minimum Gasteiger partial charge on any atom is -0.375 e. The van der Waals surface area contributed by atoms with E-state index in [1.54, 1.807) is 30.3 Å². The van der Waals surface area contributed by atoms with Gasteiger partial charge in [0.25, 0.3) is 0 Å². The van der Waals surface area contributed by atoms with Crippen LogP contribution in [-0.4, -0.2) is 12.5 Å². The lowest BCUT2D eigenvalue weighted by Crippen LogP contribution is -2.29. The molecule has 1 amide bonds. The van der Waals surface area contributed by atoms with Gasteiger partial charge in [-0.25, -0.2) is 0 Å². The van der Waals surface area contributed by atoms with Gasteiger partial charge in [-0.2, -0.15) is 0 Å². The van der Waals surface area contributed by atoms with Crippen molar-refractivity contribution in [3.63, 3.8) is 0 Å². The standard InChI is InChI=1S/C15H13Cl3N2O/c16-11-6-4-10(5-7-11)8-20-14(21)9-19-13-3-1-2-12(17)15(13)18/h1-7,19H,8-9H2,(H,20,21). The first-order chi connectivity index (χ1) is 10.1. The Morgan fingerprint density at radius 3 is 2.43 bits per heavy atom. The van der Waals surface area contributed by atoms with E-state index in [4.69, 9.17) is 34.8 Å². The van der Waals surface area contributed by atoms with E-state index in [2.05, 4.69) is 10.6 Å². The van der Waals surface area contributed by atoms with Gasteiger partial charge in [-0.1, -0.05) is 53.0 Å². The molecule has 2 rings (SSSR count). The van der Waals surface area contributed by atoms with Crippen LogP contribution in [0.3, 0.4) is 0 Å². The van der Waals surface area contributed by atoms with E-state index in [1.165, 1.54) is 0 Å². The molecule has 0 saturated heterocycles. The third-order valence-electron chi connectivity index (χ3n) is 2.79. The number of amides is 1. The Labute approximate surface area is 138 Å². The van der Waals surface area contributed by atoms with Crippen LogP contribution in [0.1, 0.15) is 5.56 Å². The molecule has 3 nitrogen and oxygen atoms in total. The fraction of sp³-hybridized carbons (Fsp3) is 0.133.